The minimum atomic E-state index is -0.00508. The van der Waals surface area contributed by atoms with E-state index in [0.29, 0.717) is 5.92 Å². The van der Waals surface area contributed by atoms with Gasteiger partial charge in [0.1, 0.15) is 11.4 Å². The van der Waals surface area contributed by atoms with Crippen LogP contribution < -0.4 is 4.74 Å². The Hall–Kier alpha value is -1.10. The Morgan fingerprint density at radius 1 is 1.12 bits per heavy atom. The van der Waals surface area contributed by atoms with Crippen LogP contribution in [0, 0.1) is 11.8 Å². The van der Waals surface area contributed by atoms with Crippen LogP contribution in [0.2, 0.25) is 0 Å². The highest BCUT2D eigenvalue weighted by molar-refractivity contribution is 5.35. The van der Waals surface area contributed by atoms with Gasteiger partial charge in [0.05, 0.1) is 6.61 Å². The number of ether oxygens (including phenoxy) is 2. The Morgan fingerprint density at radius 2 is 1.92 bits per heavy atom. The number of nitrogens with zero attached hydrogens (tertiary/aromatic N) is 2. The minimum Gasteiger partial charge on any atom is -0.486 e. The fraction of sp³-hybridized carbons (Fsp3) is 0.727. The molecule has 0 aromatic heterocycles. The molecule has 1 aliphatic carbocycles. The van der Waals surface area contributed by atoms with Crippen LogP contribution in [0.4, 0.5) is 0 Å². The molecule has 0 N–H and O–H groups in total. The Bertz CT molecular complexity index is 590. The lowest BCUT2D eigenvalue weighted by atomic mass is 9.78. The summed E-state index contributed by atoms with van der Waals surface area (Å²) in [7, 11) is 4.38. The van der Waals surface area contributed by atoms with E-state index in [2.05, 4.69) is 48.2 Å². The van der Waals surface area contributed by atoms with Gasteiger partial charge in [-0.2, -0.15) is 0 Å². The van der Waals surface area contributed by atoms with Crippen molar-refractivity contribution in [1.29, 1.82) is 0 Å². The lowest BCUT2D eigenvalue weighted by Crippen LogP contribution is -2.49. The Morgan fingerprint density at radius 3 is 2.65 bits per heavy atom. The first-order valence-corrected chi connectivity index (χ1v) is 10.3. The lowest BCUT2D eigenvalue weighted by Gasteiger charge is -2.42. The maximum atomic E-state index is 6.75. The highest BCUT2D eigenvalue weighted by Gasteiger charge is 2.41. The molecule has 0 unspecified atom stereocenters. The zero-order chi connectivity index (χ0) is 18.0. The third-order valence-corrected chi connectivity index (χ3v) is 6.38. The molecule has 26 heavy (non-hydrogen) atoms. The van der Waals surface area contributed by atoms with Gasteiger partial charge < -0.3 is 14.4 Å². The van der Waals surface area contributed by atoms with Crippen molar-refractivity contribution in [3.8, 4) is 5.75 Å². The highest BCUT2D eigenvalue weighted by atomic mass is 16.5. The monoisotopic (exact) mass is 358 g/mol. The van der Waals surface area contributed by atoms with Crippen molar-refractivity contribution < 1.29 is 9.47 Å². The standard InChI is InChI=1S/C22H34N2O2/c1-23(2)13-18-7-10-22(11-8-18)17-24(14-19-9-12-25-16-19)15-20-5-3-4-6-21(20)26-22/h3-6,18-19H,7-17H2,1-2H3/t18?,19-,22?/m1/s1. The topological polar surface area (TPSA) is 24.9 Å². The summed E-state index contributed by atoms with van der Waals surface area (Å²) in [4.78, 5) is 4.98. The van der Waals surface area contributed by atoms with Gasteiger partial charge in [-0.15, -0.1) is 0 Å². The molecular formula is C22H34N2O2. The fourth-order valence-corrected chi connectivity index (χ4v) is 5.09. The highest BCUT2D eigenvalue weighted by Crippen LogP contribution is 2.40. The Labute approximate surface area is 158 Å². The summed E-state index contributed by atoms with van der Waals surface area (Å²) in [6.07, 6.45) is 6.12. The summed E-state index contributed by atoms with van der Waals surface area (Å²) in [5.74, 6) is 2.61. The van der Waals surface area contributed by atoms with E-state index in [0.717, 1.165) is 44.5 Å². The second-order valence-electron chi connectivity index (χ2n) is 9.00. The Balaban J connectivity index is 1.50. The van der Waals surface area contributed by atoms with Gasteiger partial charge in [-0.3, -0.25) is 4.90 Å². The number of hydrogen-bond donors (Lipinski definition) is 0. The molecule has 144 valence electrons. The molecule has 1 spiro atoms. The summed E-state index contributed by atoms with van der Waals surface area (Å²) < 4.78 is 12.4. The largest absolute Gasteiger partial charge is 0.486 e. The van der Waals surface area contributed by atoms with E-state index < -0.39 is 0 Å². The molecule has 0 bridgehead atoms. The minimum absolute atomic E-state index is 0.00508. The second-order valence-corrected chi connectivity index (χ2v) is 9.00. The zero-order valence-electron chi connectivity index (χ0n) is 16.5. The van der Waals surface area contributed by atoms with E-state index in [-0.39, 0.29) is 5.60 Å². The van der Waals surface area contributed by atoms with Crippen molar-refractivity contribution >= 4 is 0 Å². The molecule has 1 atom stereocenters. The van der Waals surface area contributed by atoms with Crippen LogP contribution in [0.3, 0.4) is 0 Å². The molecule has 1 saturated carbocycles. The predicted octanol–water partition coefficient (Wildman–Crippen LogP) is 3.41. The van der Waals surface area contributed by atoms with Crippen LogP contribution in [0.1, 0.15) is 37.7 Å². The third kappa shape index (κ3) is 4.24. The van der Waals surface area contributed by atoms with Crippen LogP contribution >= 0.6 is 0 Å². The predicted molar refractivity (Wildman–Crippen MR) is 105 cm³/mol. The number of rotatable bonds is 4. The van der Waals surface area contributed by atoms with Gasteiger partial charge in [-0.05, 0) is 64.1 Å². The molecule has 0 radical (unpaired) electrons. The fourth-order valence-electron chi connectivity index (χ4n) is 5.09. The molecule has 4 heteroatoms. The summed E-state index contributed by atoms with van der Waals surface area (Å²) in [6, 6.07) is 8.67. The van der Waals surface area contributed by atoms with Crippen LogP contribution in [-0.2, 0) is 11.3 Å². The zero-order valence-corrected chi connectivity index (χ0v) is 16.5. The van der Waals surface area contributed by atoms with Crippen molar-refractivity contribution in [1.82, 2.24) is 9.80 Å². The van der Waals surface area contributed by atoms with Gasteiger partial charge in [0, 0.05) is 38.3 Å². The van der Waals surface area contributed by atoms with Crippen molar-refractivity contribution in [3.63, 3.8) is 0 Å². The van der Waals surface area contributed by atoms with Gasteiger partial charge in [-0.1, -0.05) is 18.2 Å². The molecule has 4 rings (SSSR count). The molecule has 0 amide bonds. The maximum Gasteiger partial charge on any atom is 0.124 e. The first-order chi connectivity index (χ1) is 12.6. The van der Waals surface area contributed by atoms with Crippen molar-refractivity contribution in [3.05, 3.63) is 29.8 Å². The summed E-state index contributed by atoms with van der Waals surface area (Å²) >= 11 is 0. The van der Waals surface area contributed by atoms with Crippen LogP contribution in [-0.4, -0.2) is 62.3 Å². The summed E-state index contributed by atoms with van der Waals surface area (Å²) in [6.45, 7) is 6.28. The van der Waals surface area contributed by atoms with Gasteiger partial charge >= 0.3 is 0 Å². The van der Waals surface area contributed by atoms with E-state index >= 15 is 0 Å². The summed E-state index contributed by atoms with van der Waals surface area (Å²) in [5, 5.41) is 0. The van der Waals surface area contributed by atoms with Gasteiger partial charge in [0.25, 0.3) is 0 Å². The van der Waals surface area contributed by atoms with E-state index in [1.807, 2.05) is 0 Å². The molecule has 4 nitrogen and oxygen atoms in total. The lowest BCUT2D eigenvalue weighted by molar-refractivity contribution is -0.0128. The summed E-state index contributed by atoms with van der Waals surface area (Å²) in [5.41, 5.74) is 1.34. The van der Waals surface area contributed by atoms with E-state index in [1.165, 1.54) is 44.2 Å². The van der Waals surface area contributed by atoms with Crippen LogP contribution in [0.15, 0.2) is 24.3 Å². The van der Waals surface area contributed by atoms with Crippen LogP contribution in [0.5, 0.6) is 5.75 Å². The molecule has 1 saturated heterocycles. The quantitative estimate of drug-likeness (QED) is 0.823. The van der Waals surface area contributed by atoms with E-state index in [9.17, 15) is 0 Å². The molecule has 1 aromatic carbocycles. The van der Waals surface area contributed by atoms with E-state index in [4.69, 9.17) is 9.47 Å². The third-order valence-electron chi connectivity index (χ3n) is 6.38. The van der Waals surface area contributed by atoms with Gasteiger partial charge in [0.15, 0.2) is 0 Å². The van der Waals surface area contributed by atoms with Gasteiger partial charge in [-0.25, -0.2) is 0 Å². The van der Waals surface area contributed by atoms with Crippen LogP contribution in [0.25, 0.3) is 0 Å². The van der Waals surface area contributed by atoms with Crippen molar-refractivity contribution in [2.45, 2.75) is 44.2 Å². The van der Waals surface area contributed by atoms with Crippen molar-refractivity contribution in [2.24, 2.45) is 11.8 Å². The molecule has 1 aromatic rings. The van der Waals surface area contributed by atoms with E-state index in [1.54, 1.807) is 0 Å². The first-order valence-electron chi connectivity index (χ1n) is 10.3. The smallest absolute Gasteiger partial charge is 0.124 e. The molecule has 2 aliphatic heterocycles. The molecular weight excluding hydrogens is 324 g/mol. The molecule has 2 heterocycles. The van der Waals surface area contributed by atoms with Gasteiger partial charge in [0.2, 0.25) is 0 Å². The number of para-hydroxylation sites is 1. The number of hydrogen-bond acceptors (Lipinski definition) is 4. The maximum absolute atomic E-state index is 6.75. The average molecular weight is 359 g/mol. The first kappa shape index (κ1) is 18.3. The Kier molecular flexibility index (Phi) is 5.53. The average Bonchev–Trinajstić information content (AvgIpc) is 3.06. The SMILES string of the molecule is CN(C)CC1CCC2(CC1)CN(C[C@H]1CCOC1)Cc1ccccc1O2. The molecule has 3 aliphatic rings. The molecule has 2 fully saturated rings. The number of fused-ring (bicyclic) bond motifs is 1. The number of benzene rings is 1. The normalized spacial score (nSPS) is 32.4. The van der Waals surface area contributed by atoms with Crippen molar-refractivity contribution in [2.75, 3.05) is 46.9 Å². The second kappa shape index (κ2) is 7.87.